The van der Waals surface area contributed by atoms with Crippen molar-refractivity contribution in [2.45, 2.75) is 6.42 Å². The van der Waals surface area contributed by atoms with Gasteiger partial charge in [0.05, 0.1) is 0 Å². The van der Waals surface area contributed by atoms with Gasteiger partial charge in [0.15, 0.2) is 5.78 Å². The molecule has 0 radical (unpaired) electrons. The fourth-order valence-electron chi connectivity index (χ4n) is 1.46. The minimum absolute atomic E-state index is 0.0556. The fourth-order valence-corrected chi connectivity index (χ4v) is 1.46. The number of Topliss-reactive ketones (excluding diaryl/α,β-unsaturated/α-hetero) is 1. The van der Waals surface area contributed by atoms with E-state index in [-0.39, 0.29) is 12.4 Å². The summed E-state index contributed by atoms with van der Waals surface area (Å²) < 4.78 is 5.37. The zero-order valence-electron chi connectivity index (χ0n) is 9.37. The van der Waals surface area contributed by atoms with Crippen LogP contribution >= 0.6 is 0 Å². The molecule has 86 valence electrons. The predicted molar refractivity (Wildman–Crippen MR) is 64.9 cm³/mol. The highest BCUT2D eigenvalue weighted by atomic mass is 16.5. The van der Waals surface area contributed by atoms with Crippen LogP contribution in [0.3, 0.4) is 0 Å². The summed E-state index contributed by atoms with van der Waals surface area (Å²) >= 11 is 0. The molecule has 1 aromatic carbocycles. The minimum atomic E-state index is 0.0556. The van der Waals surface area contributed by atoms with Gasteiger partial charge < -0.3 is 4.74 Å². The van der Waals surface area contributed by atoms with Crippen molar-refractivity contribution >= 4 is 5.78 Å². The van der Waals surface area contributed by atoms with Gasteiger partial charge in [-0.1, -0.05) is 18.2 Å². The van der Waals surface area contributed by atoms with Crippen LogP contribution < -0.4 is 4.74 Å². The average Bonchev–Trinajstić information content (AvgIpc) is 2.39. The average molecular weight is 227 g/mol. The molecule has 0 unspecified atom stereocenters. The Balaban J connectivity index is 1.83. The van der Waals surface area contributed by atoms with Crippen LogP contribution in [0.25, 0.3) is 0 Å². The molecular formula is C14H13NO2. The number of carbonyl (C=O) groups excluding carboxylic acids is 1. The molecule has 0 amide bonds. The van der Waals surface area contributed by atoms with Gasteiger partial charge in [0.2, 0.25) is 0 Å². The summed E-state index contributed by atoms with van der Waals surface area (Å²) in [7, 11) is 0. The van der Waals surface area contributed by atoms with E-state index in [1.807, 2.05) is 42.5 Å². The van der Waals surface area contributed by atoms with E-state index in [0.717, 1.165) is 11.3 Å². The molecule has 0 aliphatic carbocycles. The van der Waals surface area contributed by atoms with Gasteiger partial charge in [0.1, 0.15) is 12.4 Å². The molecule has 1 heterocycles. The first-order chi connectivity index (χ1) is 8.34. The summed E-state index contributed by atoms with van der Waals surface area (Å²) in [6, 6.07) is 13.0. The van der Waals surface area contributed by atoms with Crippen molar-refractivity contribution in [3.63, 3.8) is 0 Å². The van der Waals surface area contributed by atoms with Gasteiger partial charge in [-0.25, -0.2) is 0 Å². The van der Waals surface area contributed by atoms with Crippen LogP contribution in [0.1, 0.15) is 5.56 Å². The maximum Gasteiger partial charge on any atom is 0.174 e. The largest absolute Gasteiger partial charge is 0.486 e. The number of para-hydroxylation sites is 1. The number of pyridine rings is 1. The van der Waals surface area contributed by atoms with E-state index in [1.54, 1.807) is 12.4 Å². The molecule has 3 nitrogen and oxygen atoms in total. The van der Waals surface area contributed by atoms with Crippen molar-refractivity contribution in [3.05, 3.63) is 60.4 Å². The molecule has 17 heavy (non-hydrogen) atoms. The van der Waals surface area contributed by atoms with Gasteiger partial charge in [-0.2, -0.15) is 0 Å². The number of ketones is 1. The van der Waals surface area contributed by atoms with E-state index in [4.69, 9.17) is 4.74 Å². The second kappa shape index (κ2) is 5.80. The van der Waals surface area contributed by atoms with Crippen LogP contribution in [-0.4, -0.2) is 17.4 Å². The Morgan fingerprint density at radius 2 is 1.76 bits per heavy atom. The van der Waals surface area contributed by atoms with Gasteiger partial charge in [0.25, 0.3) is 0 Å². The standard InChI is InChI=1S/C14H13NO2/c16-13(10-12-6-8-15-9-7-12)11-17-14-4-2-1-3-5-14/h1-9H,10-11H2. The van der Waals surface area contributed by atoms with Crippen molar-refractivity contribution < 1.29 is 9.53 Å². The number of ether oxygens (including phenoxy) is 1. The number of nitrogens with zero attached hydrogens (tertiary/aromatic N) is 1. The molecule has 2 aromatic rings. The third kappa shape index (κ3) is 3.72. The smallest absolute Gasteiger partial charge is 0.174 e. The topological polar surface area (TPSA) is 39.2 Å². The molecule has 0 bridgehead atoms. The Morgan fingerprint density at radius 1 is 1.06 bits per heavy atom. The van der Waals surface area contributed by atoms with Gasteiger partial charge >= 0.3 is 0 Å². The molecule has 0 aliphatic heterocycles. The summed E-state index contributed by atoms with van der Waals surface area (Å²) in [6.07, 6.45) is 3.75. The third-order valence-corrected chi connectivity index (χ3v) is 2.29. The van der Waals surface area contributed by atoms with E-state index in [2.05, 4.69) is 4.98 Å². The highest BCUT2D eigenvalue weighted by molar-refractivity contribution is 5.82. The fraction of sp³-hybridized carbons (Fsp3) is 0.143. The summed E-state index contributed by atoms with van der Waals surface area (Å²) in [5.74, 6) is 0.774. The van der Waals surface area contributed by atoms with Gasteiger partial charge in [-0.3, -0.25) is 9.78 Å². The normalized spacial score (nSPS) is 9.88. The second-order valence-corrected chi connectivity index (χ2v) is 3.67. The number of carbonyl (C=O) groups is 1. The minimum Gasteiger partial charge on any atom is -0.486 e. The van der Waals surface area contributed by atoms with Gasteiger partial charge in [-0.05, 0) is 29.8 Å². The quantitative estimate of drug-likeness (QED) is 0.786. The number of benzene rings is 1. The first-order valence-corrected chi connectivity index (χ1v) is 5.43. The number of rotatable bonds is 5. The van der Waals surface area contributed by atoms with Crippen LogP contribution in [0.15, 0.2) is 54.9 Å². The molecule has 0 N–H and O–H groups in total. The maximum atomic E-state index is 11.6. The molecule has 0 aliphatic rings. The highest BCUT2D eigenvalue weighted by Gasteiger charge is 2.04. The lowest BCUT2D eigenvalue weighted by atomic mass is 10.1. The van der Waals surface area contributed by atoms with Crippen molar-refractivity contribution in [3.8, 4) is 5.75 Å². The Bertz CT molecular complexity index is 468. The molecule has 2 rings (SSSR count). The molecule has 0 saturated heterocycles. The van der Waals surface area contributed by atoms with E-state index < -0.39 is 0 Å². The molecule has 0 spiro atoms. The van der Waals surface area contributed by atoms with Crippen LogP contribution in [0.5, 0.6) is 5.75 Å². The number of hydrogen-bond acceptors (Lipinski definition) is 3. The predicted octanol–water partition coefficient (Wildman–Crippen LogP) is 2.27. The second-order valence-electron chi connectivity index (χ2n) is 3.67. The lowest BCUT2D eigenvalue weighted by Crippen LogP contribution is -2.13. The van der Waals surface area contributed by atoms with E-state index in [1.165, 1.54) is 0 Å². The lowest BCUT2D eigenvalue weighted by Gasteiger charge is -2.04. The van der Waals surface area contributed by atoms with Gasteiger partial charge in [-0.15, -0.1) is 0 Å². The third-order valence-electron chi connectivity index (χ3n) is 2.29. The molecule has 0 saturated carbocycles. The summed E-state index contributed by atoms with van der Waals surface area (Å²) in [4.78, 5) is 15.5. The Kier molecular flexibility index (Phi) is 3.86. The monoisotopic (exact) mass is 227 g/mol. The first kappa shape index (κ1) is 11.3. The highest BCUT2D eigenvalue weighted by Crippen LogP contribution is 2.08. The maximum absolute atomic E-state index is 11.6. The summed E-state index contributed by atoms with van der Waals surface area (Å²) in [6.45, 7) is 0.104. The zero-order chi connectivity index (χ0) is 11.9. The molecule has 3 heteroatoms. The molecule has 0 atom stereocenters. The number of hydrogen-bond donors (Lipinski definition) is 0. The van der Waals surface area contributed by atoms with Crippen LogP contribution in [-0.2, 0) is 11.2 Å². The van der Waals surface area contributed by atoms with Crippen molar-refractivity contribution in [2.24, 2.45) is 0 Å². The van der Waals surface area contributed by atoms with Crippen LogP contribution in [0.4, 0.5) is 0 Å². The van der Waals surface area contributed by atoms with Crippen LogP contribution in [0.2, 0.25) is 0 Å². The SMILES string of the molecule is O=C(COc1ccccc1)Cc1ccncc1. The Labute approximate surface area is 100 Å². The lowest BCUT2D eigenvalue weighted by molar-refractivity contribution is -0.120. The summed E-state index contributed by atoms with van der Waals surface area (Å²) in [5, 5.41) is 0. The van der Waals surface area contributed by atoms with Crippen LogP contribution in [0, 0.1) is 0 Å². The zero-order valence-corrected chi connectivity index (χ0v) is 9.37. The molecular weight excluding hydrogens is 214 g/mol. The van der Waals surface area contributed by atoms with Crippen molar-refractivity contribution in [2.75, 3.05) is 6.61 Å². The van der Waals surface area contributed by atoms with Gasteiger partial charge in [0, 0.05) is 18.8 Å². The number of aromatic nitrogens is 1. The molecule has 0 fully saturated rings. The summed E-state index contributed by atoms with van der Waals surface area (Å²) in [5.41, 5.74) is 0.960. The van der Waals surface area contributed by atoms with Crippen molar-refractivity contribution in [1.29, 1.82) is 0 Å². The van der Waals surface area contributed by atoms with Crippen molar-refractivity contribution in [1.82, 2.24) is 4.98 Å². The molecule has 1 aromatic heterocycles. The van der Waals surface area contributed by atoms with E-state index >= 15 is 0 Å². The van der Waals surface area contributed by atoms with E-state index in [0.29, 0.717) is 6.42 Å². The Morgan fingerprint density at radius 3 is 2.47 bits per heavy atom. The Hall–Kier alpha value is -2.16. The first-order valence-electron chi connectivity index (χ1n) is 5.43. The van der Waals surface area contributed by atoms with E-state index in [9.17, 15) is 4.79 Å².